The molecule has 0 saturated carbocycles. The zero-order valence-corrected chi connectivity index (χ0v) is 40.8. The van der Waals surface area contributed by atoms with Crippen molar-refractivity contribution in [3.8, 4) is 22.5 Å². The summed E-state index contributed by atoms with van der Waals surface area (Å²) in [5, 5.41) is 55.2. The summed E-state index contributed by atoms with van der Waals surface area (Å²) in [6.45, 7) is 3.33. The minimum absolute atomic E-state index is 0.0382. The summed E-state index contributed by atoms with van der Waals surface area (Å²) in [7, 11) is 1.47. The van der Waals surface area contributed by atoms with Crippen molar-refractivity contribution in [2.24, 2.45) is 0 Å². The van der Waals surface area contributed by atoms with Crippen LogP contribution >= 0.6 is 0 Å². The molecule has 2 aliphatic rings. The molecule has 72 heavy (non-hydrogen) atoms. The molecule has 3 aromatic rings. The average Bonchev–Trinajstić information content (AvgIpc) is 3.71. The molecule has 390 valence electrons. The summed E-state index contributed by atoms with van der Waals surface area (Å²) >= 11 is 0. The first-order chi connectivity index (χ1) is 34.3. The van der Waals surface area contributed by atoms with Crippen LogP contribution in [0.1, 0.15) is 45.1 Å². The molecule has 1 aromatic heterocycles. The van der Waals surface area contributed by atoms with Gasteiger partial charge in [-0.15, -0.1) is 5.10 Å². The zero-order valence-electron chi connectivity index (χ0n) is 40.8. The quantitative estimate of drug-likeness (QED) is 0.0609. The number of aromatic nitrogens is 3. The predicted octanol–water partition coefficient (Wildman–Crippen LogP) is -0.578. The van der Waals surface area contributed by atoms with Crippen LogP contribution in [0.3, 0.4) is 0 Å². The van der Waals surface area contributed by atoms with Crippen molar-refractivity contribution in [2.75, 3.05) is 104 Å². The number of amides is 5. The van der Waals surface area contributed by atoms with Gasteiger partial charge in [0.05, 0.1) is 44.1 Å². The van der Waals surface area contributed by atoms with Crippen LogP contribution in [0.5, 0.6) is 0 Å². The number of unbranched alkanes of at least 4 members (excludes halogenated alkanes) is 1. The molecule has 3 heterocycles. The number of carbonyl (C=O) groups excluding carboxylic acids is 5. The zero-order chi connectivity index (χ0) is 52.5. The lowest BCUT2D eigenvalue weighted by molar-refractivity contribution is -0.158. The van der Waals surface area contributed by atoms with Gasteiger partial charge in [-0.1, -0.05) is 47.7 Å². The fraction of sp³-hybridized carbons (Fsp3) is 0.511. The lowest BCUT2D eigenvalue weighted by atomic mass is 9.95. The van der Waals surface area contributed by atoms with E-state index in [2.05, 4.69) is 20.9 Å². The van der Waals surface area contributed by atoms with Gasteiger partial charge in [-0.2, -0.15) is 0 Å². The molecule has 25 heteroatoms. The van der Waals surface area contributed by atoms with E-state index in [1.54, 1.807) is 60.9 Å². The SMILES string of the molecule is CC(=O)N(C)N(CCCCC(NC(=O)Cn1nnc2c1-c1ccccc1CN(C(=O)CCNC(=O)CN1CCN(CC(=O)O)CCN(CC(=O)O)CCN(CC(=O)O)CC1)c1ccccc1-2)C(=O)O)C(C)=O. The van der Waals surface area contributed by atoms with E-state index in [9.17, 15) is 63.6 Å². The number of anilines is 1. The monoisotopic (exact) mass is 1000 g/mol. The highest BCUT2D eigenvalue weighted by Gasteiger charge is 2.31. The number of para-hydroxylation sites is 1. The van der Waals surface area contributed by atoms with E-state index in [-0.39, 0.29) is 129 Å². The molecular weight excluding hydrogens is 941 g/mol. The van der Waals surface area contributed by atoms with Crippen molar-refractivity contribution >= 4 is 59.1 Å². The molecule has 2 aromatic carbocycles. The van der Waals surface area contributed by atoms with Gasteiger partial charge in [0.1, 0.15) is 18.3 Å². The third-order valence-corrected chi connectivity index (χ3v) is 12.3. The van der Waals surface area contributed by atoms with Crippen molar-refractivity contribution in [2.45, 2.75) is 58.7 Å². The van der Waals surface area contributed by atoms with Gasteiger partial charge in [0, 0.05) is 104 Å². The minimum atomic E-state index is -1.26. The van der Waals surface area contributed by atoms with Crippen LogP contribution in [0.2, 0.25) is 0 Å². The molecule has 0 radical (unpaired) electrons. The van der Waals surface area contributed by atoms with Gasteiger partial charge in [0.2, 0.25) is 29.5 Å². The molecule has 25 nitrogen and oxygen atoms in total. The maximum atomic E-state index is 14.2. The van der Waals surface area contributed by atoms with E-state index in [1.165, 1.54) is 35.6 Å². The number of rotatable bonds is 20. The number of carboxylic acid groups (broad SMARTS) is 4. The molecular formula is C47H64N12O13. The highest BCUT2D eigenvalue weighted by molar-refractivity contribution is 6.00. The van der Waals surface area contributed by atoms with Crippen LogP contribution in [0, 0.1) is 0 Å². The average molecular weight is 1010 g/mol. The second kappa shape index (κ2) is 26.7. The molecule has 0 bridgehead atoms. The number of nitrogens with zero attached hydrogens (tertiary/aromatic N) is 10. The Morgan fingerprint density at radius 1 is 0.653 bits per heavy atom. The summed E-state index contributed by atoms with van der Waals surface area (Å²) in [6, 6.07) is 13.0. The summed E-state index contributed by atoms with van der Waals surface area (Å²) in [5.41, 5.74) is 3.17. The predicted molar refractivity (Wildman–Crippen MR) is 258 cm³/mol. The molecule has 1 saturated heterocycles. The summed E-state index contributed by atoms with van der Waals surface area (Å²) < 4.78 is 1.39. The second-order valence-electron chi connectivity index (χ2n) is 17.6. The van der Waals surface area contributed by atoms with E-state index in [1.807, 2.05) is 12.1 Å². The maximum Gasteiger partial charge on any atom is 0.326 e. The number of hydrazine groups is 1. The van der Waals surface area contributed by atoms with Gasteiger partial charge in [0.25, 0.3) is 0 Å². The van der Waals surface area contributed by atoms with Gasteiger partial charge in [-0.3, -0.25) is 68.0 Å². The van der Waals surface area contributed by atoms with Crippen LogP contribution in [-0.4, -0.2) is 223 Å². The van der Waals surface area contributed by atoms with E-state index < -0.39 is 48.3 Å². The van der Waals surface area contributed by atoms with E-state index in [4.69, 9.17) is 0 Å². The number of benzene rings is 2. The molecule has 5 rings (SSSR count). The Morgan fingerprint density at radius 3 is 1.71 bits per heavy atom. The van der Waals surface area contributed by atoms with Crippen molar-refractivity contribution in [1.82, 2.24) is 55.2 Å². The van der Waals surface area contributed by atoms with E-state index in [0.29, 0.717) is 46.6 Å². The van der Waals surface area contributed by atoms with Gasteiger partial charge in [0.15, 0.2) is 0 Å². The van der Waals surface area contributed by atoms with Crippen LogP contribution in [-0.2, 0) is 56.2 Å². The minimum Gasteiger partial charge on any atom is -0.480 e. The highest BCUT2D eigenvalue weighted by Crippen LogP contribution is 2.41. The van der Waals surface area contributed by atoms with Crippen LogP contribution in [0.15, 0.2) is 48.5 Å². The Bertz CT molecular complexity index is 2420. The molecule has 0 aliphatic carbocycles. The number of hydrogen-bond donors (Lipinski definition) is 6. The molecule has 1 atom stereocenters. The number of nitrogens with one attached hydrogen (secondary N) is 2. The molecule has 2 aliphatic heterocycles. The van der Waals surface area contributed by atoms with Gasteiger partial charge in [-0.25, -0.2) is 9.48 Å². The first kappa shape index (κ1) is 55.6. The Hall–Kier alpha value is -7.35. The van der Waals surface area contributed by atoms with Gasteiger partial charge in [-0.05, 0) is 30.9 Å². The first-order valence-corrected chi connectivity index (χ1v) is 23.6. The van der Waals surface area contributed by atoms with E-state index in [0.717, 1.165) is 0 Å². The van der Waals surface area contributed by atoms with Crippen molar-refractivity contribution in [1.29, 1.82) is 0 Å². The smallest absolute Gasteiger partial charge is 0.326 e. The number of carbonyl (C=O) groups is 9. The lowest BCUT2D eigenvalue weighted by Crippen LogP contribution is -2.50. The molecule has 6 N–H and O–H groups in total. The fourth-order valence-electron chi connectivity index (χ4n) is 8.57. The number of hydrogen-bond acceptors (Lipinski definition) is 15. The third kappa shape index (κ3) is 16.4. The molecule has 0 spiro atoms. The summed E-state index contributed by atoms with van der Waals surface area (Å²) in [5.74, 6) is -6.51. The molecule has 5 amide bonds. The van der Waals surface area contributed by atoms with E-state index >= 15 is 0 Å². The number of fused-ring (bicyclic) bond motifs is 5. The Labute approximate surface area is 415 Å². The first-order valence-electron chi connectivity index (χ1n) is 23.6. The summed E-state index contributed by atoms with van der Waals surface area (Å²) in [4.78, 5) is 121. The lowest BCUT2D eigenvalue weighted by Gasteiger charge is -2.32. The Balaban J connectivity index is 1.26. The second-order valence-corrected chi connectivity index (χ2v) is 17.6. The summed E-state index contributed by atoms with van der Waals surface area (Å²) in [6.07, 6.45) is 0.635. The normalized spacial score (nSPS) is 15.4. The fourth-order valence-corrected chi connectivity index (χ4v) is 8.57. The van der Waals surface area contributed by atoms with Crippen LogP contribution in [0.4, 0.5) is 5.69 Å². The number of carboxylic acids is 4. The molecule has 1 unspecified atom stereocenters. The van der Waals surface area contributed by atoms with Crippen molar-refractivity contribution in [3.63, 3.8) is 0 Å². The largest absolute Gasteiger partial charge is 0.480 e. The van der Waals surface area contributed by atoms with Gasteiger partial charge >= 0.3 is 23.9 Å². The standard InChI is InChI=1S/C47H64N12O13/c1-32(60)52(3)59(33(2)61)17-9-8-13-37(47(71)72)49-40(63)28-58-46-35-11-5-4-10-34(35)26-57(38-14-7-6-12-36(38)45(46)50-51-58)41(64)15-16-48-39(62)27-53-18-20-54(29-42(65)66)22-24-56(31-44(69)70)25-23-55(21-19-53)30-43(67)68/h4-7,10-12,14,37H,8-9,13,15-31H2,1-3H3,(H,48,62)(H,49,63)(H,65,66)(H,67,68)(H,69,70)(H,71,72). The highest BCUT2D eigenvalue weighted by atomic mass is 16.4. The third-order valence-electron chi connectivity index (χ3n) is 12.3. The van der Waals surface area contributed by atoms with Gasteiger partial charge < -0.3 is 36.0 Å². The maximum absolute atomic E-state index is 14.2. The van der Waals surface area contributed by atoms with Crippen molar-refractivity contribution in [3.05, 3.63) is 54.1 Å². The Morgan fingerprint density at radius 2 is 1.18 bits per heavy atom. The molecule has 1 fully saturated rings. The van der Waals surface area contributed by atoms with Crippen molar-refractivity contribution < 1.29 is 63.6 Å². The topological polar surface area (TPSA) is 312 Å². The van der Waals surface area contributed by atoms with Crippen LogP contribution < -0.4 is 15.5 Å². The van der Waals surface area contributed by atoms with Crippen LogP contribution in [0.25, 0.3) is 22.5 Å². The Kier molecular flexibility index (Phi) is 20.6. The number of aliphatic carboxylic acids is 4.